The molecule has 9 heteroatoms. The van der Waals surface area contributed by atoms with E-state index in [1.54, 1.807) is 32.0 Å². The lowest BCUT2D eigenvalue weighted by Crippen LogP contribution is -2.45. The van der Waals surface area contributed by atoms with Crippen LogP contribution >= 0.6 is 12.2 Å². The molecule has 0 aliphatic carbocycles. The van der Waals surface area contributed by atoms with E-state index < -0.39 is 24.6 Å². The Labute approximate surface area is 156 Å². The van der Waals surface area contributed by atoms with Crippen LogP contribution in [0.25, 0.3) is 0 Å². The van der Waals surface area contributed by atoms with Gasteiger partial charge in [0.2, 0.25) is 0 Å². The molecule has 26 heavy (non-hydrogen) atoms. The molecule has 8 nitrogen and oxygen atoms in total. The first kappa shape index (κ1) is 19.5. The van der Waals surface area contributed by atoms with Crippen molar-refractivity contribution in [3.05, 3.63) is 35.0 Å². The third-order valence-electron chi connectivity index (χ3n) is 3.62. The first-order valence-corrected chi connectivity index (χ1v) is 8.24. The van der Waals surface area contributed by atoms with Crippen LogP contribution in [0.15, 0.2) is 29.5 Å². The van der Waals surface area contributed by atoms with Crippen molar-refractivity contribution in [2.75, 3.05) is 20.3 Å². The highest BCUT2D eigenvalue weighted by atomic mass is 32.1. The number of carbonyl (C=O) groups excluding carboxylic acids is 2. The molecule has 1 aliphatic heterocycles. The molecule has 0 radical (unpaired) electrons. The van der Waals surface area contributed by atoms with Crippen molar-refractivity contribution in [3.8, 4) is 11.5 Å². The zero-order valence-electron chi connectivity index (χ0n) is 14.6. The summed E-state index contributed by atoms with van der Waals surface area (Å²) in [5.74, 6) is -1.23. The molecule has 140 valence electrons. The van der Waals surface area contributed by atoms with Crippen LogP contribution in [-0.2, 0) is 14.3 Å². The fourth-order valence-corrected chi connectivity index (χ4v) is 2.82. The Balaban J connectivity index is 2.43. The molecule has 2 rings (SSSR count). The average Bonchev–Trinajstić information content (AvgIpc) is 2.59. The van der Waals surface area contributed by atoms with E-state index in [1.807, 2.05) is 0 Å². The number of hydrogen-bond acceptors (Lipinski definition) is 7. The van der Waals surface area contributed by atoms with Gasteiger partial charge < -0.3 is 34.7 Å². The van der Waals surface area contributed by atoms with Crippen LogP contribution in [0, 0.1) is 0 Å². The van der Waals surface area contributed by atoms with Crippen molar-refractivity contribution in [3.63, 3.8) is 0 Å². The number of carbonyl (C=O) groups is 2. The molecule has 1 heterocycles. The van der Waals surface area contributed by atoms with Gasteiger partial charge in [0.15, 0.2) is 16.6 Å². The molecule has 0 saturated carbocycles. The van der Waals surface area contributed by atoms with Crippen molar-refractivity contribution in [2.24, 2.45) is 0 Å². The summed E-state index contributed by atoms with van der Waals surface area (Å²) in [6.07, 6.45) is 0. The maximum atomic E-state index is 12.2. The maximum absolute atomic E-state index is 12.2. The van der Waals surface area contributed by atoms with Gasteiger partial charge in [-0.25, -0.2) is 4.79 Å². The smallest absolute Gasteiger partial charge is 0.337 e. The molecule has 0 saturated heterocycles. The molecule has 0 fully saturated rings. The van der Waals surface area contributed by atoms with Gasteiger partial charge in [0.05, 0.1) is 31.3 Å². The number of hydrogen-bond donors (Lipinski definition) is 2. The van der Waals surface area contributed by atoms with E-state index >= 15 is 0 Å². The first-order chi connectivity index (χ1) is 12.4. The number of thiocarbonyl (C=S) groups is 1. The average molecular weight is 379 g/mol. The molecule has 1 aromatic rings. The molecule has 1 aliphatic rings. The lowest BCUT2D eigenvalue weighted by atomic mass is 9.95. The van der Waals surface area contributed by atoms with Crippen molar-refractivity contribution < 1.29 is 28.9 Å². The topological polar surface area (TPSA) is 109 Å². The van der Waals surface area contributed by atoms with Crippen molar-refractivity contribution in [1.29, 1.82) is 0 Å². The molecule has 1 aromatic carbocycles. The SMILES string of the molecule is CCOc1cc([C@@H]2NC(=S)NC(C)=C2C(=O)OC)ccc1OCC(=O)[O-]. The maximum Gasteiger partial charge on any atom is 0.337 e. The monoisotopic (exact) mass is 379 g/mol. The van der Waals surface area contributed by atoms with Gasteiger partial charge >= 0.3 is 5.97 Å². The zero-order chi connectivity index (χ0) is 19.3. The van der Waals surface area contributed by atoms with Gasteiger partial charge in [-0.3, -0.25) is 0 Å². The van der Waals surface area contributed by atoms with Crippen molar-refractivity contribution in [1.82, 2.24) is 10.6 Å². The summed E-state index contributed by atoms with van der Waals surface area (Å²) in [5.41, 5.74) is 1.64. The van der Waals surface area contributed by atoms with Crippen molar-refractivity contribution >= 4 is 29.3 Å². The summed E-state index contributed by atoms with van der Waals surface area (Å²) < 4.78 is 15.6. The number of methoxy groups -OCH3 is 1. The number of allylic oxidation sites excluding steroid dienone is 1. The van der Waals surface area contributed by atoms with Gasteiger partial charge in [-0.05, 0) is 43.8 Å². The summed E-state index contributed by atoms with van der Waals surface area (Å²) in [7, 11) is 1.30. The molecule has 0 bridgehead atoms. The van der Waals surface area contributed by atoms with Gasteiger partial charge in [0.1, 0.15) is 6.61 Å². The molecular formula is C17H19N2O6S-. The predicted molar refractivity (Wildman–Crippen MR) is 94.4 cm³/mol. The fraction of sp³-hybridized carbons (Fsp3) is 0.353. The largest absolute Gasteiger partial charge is 0.546 e. The minimum Gasteiger partial charge on any atom is -0.546 e. The van der Waals surface area contributed by atoms with Gasteiger partial charge in [0, 0.05) is 5.70 Å². The fourth-order valence-electron chi connectivity index (χ4n) is 2.55. The second kappa shape index (κ2) is 8.52. The van der Waals surface area contributed by atoms with Crippen molar-refractivity contribution in [2.45, 2.75) is 19.9 Å². The van der Waals surface area contributed by atoms with Gasteiger partial charge in [0.25, 0.3) is 0 Å². The molecule has 2 N–H and O–H groups in total. The van der Waals surface area contributed by atoms with E-state index in [4.69, 9.17) is 26.4 Å². The Morgan fingerprint density at radius 2 is 2.00 bits per heavy atom. The quantitative estimate of drug-likeness (QED) is 0.506. The Morgan fingerprint density at radius 1 is 1.27 bits per heavy atom. The molecule has 0 spiro atoms. The number of nitrogens with one attached hydrogen (secondary N) is 2. The molecule has 0 amide bonds. The van der Waals surface area contributed by atoms with Gasteiger partial charge in [-0.1, -0.05) is 6.07 Å². The van der Waals surface area contributed by atoms with E-state index in [0.717, 1.165) is 0 Å². The highest BCUT2D eigenvalue weighted by molar-refractivity contribution is 7.80. The molecule has 0 aromatic heterocycles. The van der Waals surface area contributed by atoms with Crippen LogP contribution in [0.2, 0.25) is 0 Å². The number of carboxylic acid groups (broad SMARTS) is 1. The number of carboxylic acids is 1. The minimum absolute atomic E-state index is 0.261. The Bertz CT molecular complexity index is 762. The summed E-state index contributed by atoms with van der Waals surface area (Å²) in [6.45, 7) is 3.27. The van der Waals surface area contributed by atoms with Gasteiger partial charge in [-0.2, -0.15) is 0 Å². The number of rotatable bonds is 7. The molecule has 0 unspecified atom stereocenters. The number of benzene rings is 1. The number of ether oxygens (including phenoxy) is 3. The lowest BCUT2D eigenvalue weighted by molar-refractivity contribution is -0.307. The Hall–Kier alpha value is -2.81. The van der Waals surface area contributed by atoms with Crippen LogP contribution in [-0.4, -0.2) is 37.4 Å². The standard InChI is InChI=1S/C17H20N2O6S/c1-4-24-12-7-10(5-6-11(12)25-8-13(20)21)15-14(16(22)23-3)9(2)18-17(26)19-15/h5-7,15H,4,8H2,1-3H3,(H,20,21)(H2,18,19,26)/p-1/t15-/m0/s1. The van der Waals surface area contributed by atoms with Gasteiger partial charge in [-0.15, -0.1) is 0 Å². The highest BCUT2D eigenvalue weighted by Gasteiger charge is 2.31. The van der Waals surface area contributed by atoms with Crippen LogP contribution < -0.4 is 25.2 Å². The van der Waals surface area contributed by atoms with E-state index in [-0.39, 0.29) is 5.75 Å². The van der Waals surface area contributed by atoms with Crippen LogP contribution in [0.5, 0.6) is 11.5 Å². The van der Waals surface area contributed by atoms with E-state index in [0.29, 0.717) is 34.3 Å². The lowest BCUT2D eigenvalue weighted by Gasteiger charge is -2.30. The number of aliphatic carboxylic acids is 1. The summed E-state index contributed by atoms with van der Waals surface area (Å²) in [6, 6.07) is 4.37. The first-order valence-electron chi connectivity index (χ1n) is 7.83. The minimum atomic E-state index is -1.34. The van der Waals surface area contributed by atoms with E-state index in [1.165, 1.54) is 7.11 Å². The highest BCUT2D eigenvalue weighted by Crippen LogP contribution is 2.34. The summed E-state index contributed by atoms with van der Waals surface area (Å²) in [5, 5.41) is 16.9. The second-order valence-corrected chi connectivity index (χ2v) is 5.77. The normalized spacial score (nSPS) is 16.4. The Kier molecular flexibility index (Phi) is 6.40. The summed E-state index contributed by atoms with van der Waals surface area (Å²) in [4.78, 5) is 22.8. The zero-order valence-corrected chi connectivity index (χ0v) is 15.4. The summed E-state index contributed by atoms with van der Waals surface area (Å²) >= 11 is 5.18. The second-order valence-electron chi connectivity index (χ2n) is 5.36. The number of esters is 1. The van der Waals surface area contributed by atoms with Crippen LogP contribution in [0.4, 0.5) is 0 Å². The van der Waals surface area contributed by atoms with E-state index in [2.05, 4.69) is 10.6 Å². The van der Waals surface area contributed by atoms with Crippen LogP contribution in [0.3, 0.4) is 0 Å². The van der Waals surface area contributed by atoms with E-state index in [9.17, 15) is 14.7 Å². The predicted octanol–water partition coefficient (Wildman–Crippen LogP) is 0.180. The van der Waals surface area contributed by atoms with Crippen LogP contribution in [0.1, 0.15) is 25.5 Å². The Morgan fingerprint density at radius 3 is 2.62 bits per heavy atom. The molecule has 1 atom stereocenters. The third-order valence-corrected chi connectivity index (χ3v) is 3.84. The third kappa shape index (κ3) is 4.42. The molecular weight excluding hydrogens is 360 g/mol.